The summed E-state index contributed by atoms with van der Waals surface area (Å²) >= 11 is 0. The maximum Gasteiger partial charge on any atom is 0.119 e. The zero-order chi connectivity index (χ0) is 12.1. The van der Waals surface area contributed by atoms with E-state index in [2.05, 4.69) is 28.7 Å². The molecule has 0 radical (unpaired) electrons. The number of benzene rings is 1. The van der Waals surface area contributed by atoms with Crippen molar-refractivity contribution < 1.29 is 4.74 Å². The van der Waals surface area contributed by atoms with Crippen molar-refractivity contribution in [3.8, 4) is 5.75 Å². The summed E-state index contributed by atoms with van der Waals surface area (Å²) in [6.45, 7) is 3.07. The summed E-state index contributed by atoms with van der Waals surface area (Å²) in [6, 6.07) is 11.8. The number of nitrogens with zero attached hydrogens (tertiary/aromatic N) is 2. The quantitative estimate of drug-likeness (QED) is 0.738. The standard InChI is InChI=1S/C14H16N2O/c1-3-16-10-4-5-13(16)11-15-12-6-8-14(17-2)9-7-12/h4-11H,3H2,1-2H3. The summed E-state index contributed by atoms with van der Waals surface area (Å²) in [5.74, 6) is 0.848. The van der Waals surface area contributed by atoms with Crippen molar-refractivity contribution >= 4 is 11.9 Å². The van der Waals surface area contributed by atoms with Crippen LogP contribution in [0, 0.1) is 0 Å². The average molecular weight is 228 g/mol. The molecule has 0 aliphatic carbocycles. The number of aromatic nitrogens is 1. The van der Waals surface area contributed by atoms with Crippen LogP contribution in [0.4, 0.5) is 5.69 Å². The molecule has 1 aromatic carbocycles. The van der Waals surface area contributed by atoms with Crippen molar-refractivity contribution in [2.24, 2.45) is 4.99 Å². The Morgan fingerprint density at radius 3 is 2.65 bits per heavy atom. The van der Waals surface area contributed by atoms with Crippen LogP contribution < -0.4 is 4.74 Å². The molecule has 2 rings (SSSR count). The molecule has 3 heteroatoms. The first kappa shape index (κ1) is 11.5. The van der Waals surface area contributed by atoms with Gasteiger partial charge in [0.05, 0.1) is 24.7 Å². The zero-order valence-corrected chi connectivity index (χ0v) is 10.1. The van der Waals surface area contributed by atoms with Gasteiger partial charge in [0.1, 0.15) is 5.75 Å². The summed E-state index contributed by atoms with van der Waals surface area (Å²) in [6.07, 6.45) is 3.93. The van der Waals surface area contributed by atoms with E-state index in [4.69, 9.17) is 4.74 Å². The fourth-order valence-electron chi connectivity index (χ4n) is 1.64. The minimum Gasteiger partial charge on any atom is -0.497 e. The molecule has 0 fully saturated rings. The molecule has 0 bridgehead atoms. The molecule has 88 valence electrons. The number of hydrogen-bond donors (Lipinski definition) is 0. The highest BCUT2D eigenvalue weighted by Gasteiger charge is 1.95. The molecule has 17 heavy (non-hydrogen) atoms. The minimum atomic E-state index is 0.848. The summed E-state index contributed by atoms with van der Waals surface area (Å²) in [5.41, 5.74) is 2.04. The molecule has 0 amide bonds. The smallest absolute Gasteiger partial charge is 0.119 e. The first-order valence-corrected chi connectivity index (χ1v) is 5.66. The van der Waals surface area contributed by atoms with Crippen molar-refractivity contribution in [1.29, 1.82) is 0 Å². The minimum absolute atomic E-state index is 0.848. The van der Waals surface area contributed by atoms with Gasteiger partial charge in [0.2, 0.25) is 0 Å². The van der Waals surface area contributed by atoms with Gasteiger partial charge in [-0.1, -0.05) is 0 Å². The first-order valence-electron chi connectivity index (χ1n) is 5.66. The second kappa shape index (κ2) is 5.34. The van der Waals surface area contributed by atoms with E-state index in [9.17, 15) is 0 Å². The van der Waals surface area contributed by atoms with Gasteiger partial charge in [-0.3, -0.25) is 4.99 Å². The highest BCUT2D eigenvalue weighted by molar-refractivity contribution is 5.80. The fourth-order valence-corrected chi connectivity index (χ4v) is 1.64. The first-order chi connectivity index (χ1) is 8.33. The monoisotopic (exact) mass is 228 g/mol. The van der Waals surface area contributed by atoms with Crippen LogP contribution >= 0.6 is 0 Å². The Balaban J connectivity index is 2.14. The van der Waals surface area contributed by atoms with E-state index in [-0.39, 0.29) is 0 Å². The Morgan fingerprint density at radius 1 is 1.24 bits per heavy atom. The molecule has 1 aromatic heterocycles. The lowest BCUT2D eigenvalue weighted by atomic mass is 10.3. The number of aliphatic imine (C=N–C) groups is 1. The molecule has 0 N–H and O–H groups in total. The van der Waals surface area contributed by atoms with E-state index >= 15 is 0 Å². The summed E-state index contributed by atoms with van der Waals surface area (Å²) in [4.78, 5) is 4.43. The third-order valence-electron chi connectivity index (χ3n) is 2.62. The van der Waals surface area contributed by atoms with Crippen LogP contribution in [-0.2, 0) is 6.54 Å². The predicted octanol–water partition coefficient (Wildman–Crippen LogP) is 3.27. The van der Waals surface area contributed by atoms with Crippen LogP contribution in [-0.4, -0.2) is 17.9 Å². The van der Waals surface area contributed by atoms with E-state index in [0.717, 1.165) is 23.7 Å². The maximum atomic E-state index is 5.10. The Kier molecular flexibility index (Phi) is 3.60. The molecule has 3 nitrogen and oxygen atoms in total. The van der Waals surface area contributed by atoms with E-state index in [1.165, 1.54) is 0 Å². The molecule has 0 atom stereocenters. The van der Waals surface area contributed by atoms with Crippen molar-refractivity contribution in [3.05, 3.63) is 48.3 Å². The topological polar surface area (TPSA) is 26.5 Å². The molecule has 2 aromatic rings. The zero-order valence-electron chi connectivity index (χ0n) is 10.1. The number of ether oxygens (including phenoxy) is 1. The molecule has 0 saturated heterocycles. The van der Waals surface area contributed by atoms with Gasteiger partial charge in [-0.2, -0.15) is 0 Å². The molecule has 0 saturated carbocycles. The van der Waals surface area contributed by atoms with Gasteiger partial charge in [-0.15, -0.1) is 0 Å². The van der Waals surface area contributed by atoms with Gasteiger partial charge >= 0.3 is 0 Å². The molecule has 0 spiro atoms. The molecular weight excluding hydrogens is 212 g/mol. The summed E-state index contributed by atoms with van der Waals surface area (Å²) in [7, 11) is 1.66. The normalized spacial score (nSPS) is 10.9. The van der Waals surface area contributed by atoms with E-state index in [0.29, 0.717) is 0 Å². The van der Waals surface area contributed by atoms with Gasteiger partial charge in [0.15, 0.2) is 0 Å². The number of rotatable bonds is 4. The highest BCUT2D eigenvalue weighted by Crippen LogP contribution is 2.17. The van der Waals surface area contributed by atoms with E-state index < -0.39 is 0 Å². The fraction of sp³-hybridized carbons (Fsp3) is 0.214. The molecular formula is C14H16N2O. The number of methoxy groups -OCH3 is 1. The van der Waals surface area contributed by atoms with Gasteiger partial charge in [0, 0.05) is 12.7 Å². The number of hydrogen-bond acceptors (Lipinski definition) is 2. The van der Waals surface area contributed by atoms with Gasteiger partial charge in [-0.25, -0.2) is 0 Å². The lowest BCUT2D eigenvalue weighted by Gasteiger charge is -2.01. The lowest BCUT2D eigenvalue weighted by molar-refractivity contribution is 0.415. The van der Waals surface area contributed by atoms with E-state index in [1.54, 1.807) is 7.11 Å². The van der Waals surface area contributed by atoms with E-state index in [1.807, 2.05) is 36.5 Å². The van der Waals surface area contributed by atoms with Crippen molar-refractivity contribution in [2.75, 3.05) is 7.11 Å². The third kappa shape index (κ3) is 2.75. The molecule has 0 aliphatic rings. The van der Waals surface area contributed by atoms with Crippen molar-refractivity contribution in [1.82, 2.24) is 4.57 Å². The summed E-state index contributed by atoms with van der Waals surface area (Å²) < 4.78 is 7.25. The average Bonchev–Trinajstić information content (AvgIpc) is 2.84. The van der Waals surface area contributed by atoms with Crippen molar-refractivity contribution in [2.45, 2.75) is 13.5 Å². The second-order valence-corrected chi connectivity index (χ2v) is 3.68. The Morgan fingerprint density at radius 2 is 2.00 bits per heavy atom. The third-order valence-corrected chi connectivity index (χ3v) is 2.62. The SMILES string of the molecule is CCn1cccc1C=Nc1ccc(OC)cc1. The van der Waals surface area contributed by atoms with Crippen LogP contribution in [0.25, 0.3) is 0 Å². The van der Waals surface area contributed by atoms with Gasteiger partial charge < -0.3 is 9.30 Å². The Bertz CT molecular complexity index is 497. The van der Waals surface area contributed by atoms with Gasteiger partial charge in [0.25, 0.3) is 0 Å². The molecule has 0 unspecified atom stereocenters. The Hall–Kier alpha value is -2.03. The molecule has 0 aliphatic heterocycles. The predicted molar refractivity (Wildman–Crippen MR) is 70.4 cm³/mol. The van der Waals surface area contributed by atoms with Crippen LogP contribution in [0.1, 0.15) is 12.6 Å². The van der Waals surface area contributed by atoms with Crippen molar-refractivity contribution in [3.63, 3.8) is 0 Å². The maximum absolute atomic E-state index is 5.10. The number of aryl methyl sites for hydroxylation is 1. The second-order valence-electron chi connectivity index (χ2n) is 3.68. The molecule has 1 heterocycles. The Labute approximate surface area is 101 Å². The van der Waals surface area contributed by atoms with Crippen LogP contribution in [0.3, 0.4) is 0 Å². The van der Waals surface area contributed by atoms with Crippen LogP contribution in [0.5, 0.6) is 5.75 Å². The highest BCUT2D eigenvalue weighted by atomic mass is 16.5. The summed E-state index contributed by atoms with van der Waals surface area (Å²) in [5, 5.41) is 0. The van der Waals surface area contributed by atoms with Gasteiger partial charge in [-0.05, 0) is 43.3 Å². The largest absolute Gasteiger partial charge is 0.497 e. The lowest BCUT2D eigenvalue weighted by Crippen LogP contribution is -1.97. The van der Waals surface area contributed by atoms with Crippen LogP contribution in [0.15, 0.2) is 47.6 Å². The van der Waals surface area contributed by atoms with Crippen LogP contribution in [0.2, 0.25) is 0 Å².